The van der Waals surface area contributed by atoms with Crippen molar-refractivity contribution in [2.75, 3.05) is 0 Å². The Bertz CT molecular complexity index is 572. The monoisotopic (exact) mass is 319 g/mol. The lowest BCUT2D eigenvalue weighted by Gasteiger charge is -2.35. The first kappa shape index (κ1) is 17.3. The van der Waals surface area contributed by atoms with Gasteiger partial charge < -0.3 is 15.2 Å². The van der Waals surface area contributed by atoms with E-state index in [1.54, 1.807) is 13.0 Å². The summed E-state index contributed by atoms with van der Waals surface area (Å²) in [5, 5.41) is 12.4. The number of carbonyl (C=O) groups excluding carboxylic acids is 2. The zero-order valence-electron chi connectivity index (χ0n) is 13.9. The van der Waals surface area contributed by atoms with E-state index in [2.05, 4.69) is 19.2 Å². The number of hydrogen-bond acceptors (Lipinski definition) is 4. The molecule has 1 aliphatic carbocycles. The Labute approximate surface area is 137 Å². The minimum atomic E-state index is -0.866. The summed E-state index contributed by atoms with van der Waals surface area (Å²) in [5.74, 6) is 0.0977. The highest BCUT2D eigenvalue weighted by atomic mass is 16.5. The van der Waals surface area contributed by atoms with Gasteiger partial charge in [0.05, 0.1) is 5.56 Å². The Morgan fingerprint density at radius 3 is 2.74 bits per heavy atom. The van der Waals surface area contributed by atoms with Gasteiger partial charge in [0.25, 0.3) is 5.91 Å². The first-order valence-corrected chi connectivity index (χ1v) is 8.19. The van der Waals surface area contributed by atoms with E-state index in [-0.39, 0.29) is 23.3 Å². The Morgan fingerprint density at radius 2 is 2.04 bits per heavy atom. The zero-order valence-corrected chi connectivity index (χ0v) is 13.9. The van der Waals surface area contributed by atoms with Gasteiger partial charge >= 0.3 is 5.97 Å². The molecule has 0 aliphatic heterocycles. The normalized spacial score (nSPS) is 25.4. The van der Waals surface area contributed by atoms with Gasteiger partial charge in [-0.3, -0.25) is 4.79 Å². The third kappa shape index (κ3) is 4.47. The van der Waals surface area contributed by atoms with Gasteiger partial charge in [0.2, 0.25) is 0 Å². The highest BCUT2D eigenvalue weighted by Crippen LogP contribution is 2.29. The number of nitrogens with one attached hydrogen (secondary N) is 1. The maximum Gasteiger partial charge on any atom is 0.339 e. The van der Waals surface area contributed by atoms with Crippen LogP contribution >= 0.6 is 0 Å². The number of amides is 1. The number of benzene rings is 1. The summed E-state index contributed by atoms with van der Waals surface area (Å²) in [5.41, 5.74) is 0.226. The predicted octanol–water partition coefficient (Wildman–Crippen LogP) is 2.88. The molecular weight excluding hydrogens is 294 g/mol. The fourth-order valence-corrected chi connectivity index (χ4v) is 3.00. The molecule has 5 nitrogen and oxygen atoms in total. The summed E-state index contributed by atoms with van der Waals surface area (Å²) in [6.45, 7) is 5.92. The van der Waals surface area contributed by atoms with E-state index in [1.807, 2.05) is 0 Å². The third-order valence-corrected chi connectivity index (χ3v) is 4.77. The third-order valence-electron chi connectivity index (χ3n) is 4.77. The molecule has 0 bridgehead atoms. The molecule has 1 fully saturated rings. The van der Waals surface area contributed by atoms with Crippen LogP contribution in [0.1, 0.15) is 50.4 Å². The van der Waals surface area contributed by atoms with Crippen LogP contribution in [0.4, 0.5) is 0 Å². The lowest BCUT2D eigenvalue weighted by Crippen LogP contribution is -2.47. The van der Waals surface area contributed by atoms with Crippen molar-refractivity contribution < 1.29 is 19.4 Å². The number of carbonyl (C=O) groups is 2. The summed E-state index contributed by atoms with van der Waals surface area (Å²) in [4.78, 5) is 24.3. The molecule has 0 saturated heterocycles. The molecule has 0 aromatic heterocycles. The summed E-state index contributed by atoms with van der Waals surface area (Å²) < 4.78 is 5.19. The fourth-order valence-electron chi connectivity index (χ4n) is 3.00. The standard InChI is InChI=1S/C18H25NO4/c1-11-6-4-9-16(12(11)2)19-17(21)13(3)23-18(22)14-7-5-8-15(20)10-14/h5,7-8,10-13,16,20H,4,6,9H2,1-3H3,(H,19,21)/t11-,12-,13-,16-/m1/s1. The van der Waals surface area contributed by atoms with E-state index in [0.717, 1.165) is 12.8 Å². The molecule has 1 saturated carbocycles. The SMILES string of the molecule is C[C@@H]1[C@H](C)CCC[C@H]1NC(=O)[C@@H](C)OC(=O)c1cccc(O)c1. The van der Waals surface area contributed by atoms with E-state index < -0.39 is 12.1 Å². The highest BCUT2D eigenvalue weighted by Gasteiger charge is 2.30. The Hall–Kier alpha value is -2.04. The molecule has 2 rings (SSSR count). The van der Waals surface area contributed by atoms with Crippen molar-refractivity contribution in [2.45, 2.75) is 52.2 Å². The smallest absolute Gasteiger partial charge is 0.339 e. The van der Waals surface area contributed by atoms with Crippen LogP contribution in [0, 0.1) is 11.8 Å². The van der Waals surface area contributed by atoms with E-state index in [4.69, 9.17) is 4.74 Å². The summed E-state index contributed by atoms with van der Waals surface area (Å²) in [7, 11) is 0. The minimum Gasteiger partial charge on any atom is -0.508 e. The van der Waals surface area contributed by atoms with Crippen LogP contribution in [0.25, 0.3) is 0 Å². The maximum absolute atomic E-state index is 12.3. The quantitative estimate of drug-likeness (QED) is 0.837. The molecule has 0 spiro atoms. The molecule has 5 heteroatoms. The highest BCUT2D eigenvalue weighted by molar-refractivity contribution is 5.92. The van der Waals surface area contributed by atoms with Crippen LogP contribution in [0.5, 0.6) is 5.75 Å². The van der Waals surface area contributed by atoms with Crippen LogP contribution in [0.2, 0.25) is 0 Å². The van der Waals surface area contributed by atoms with E-state index in [9.17, 15) is 14.7 Å². The van der Waals surface area contributed by atoms with Gasteiger partial charge in [-0.2, -0.15) is 0 Å². The average Bonchev–Trinajstić information content (AvgIpc) is 2.51. The first-order valence-electron chi connectivity index (χ1n) is 8.19. The molecule has 2 N–H and O–H groups in total. The molecular formula is C18H25NO4. The Morgan fingerprint density at radius 1 is 1.30 bits per heavy atom. The molecule has 0 radical (unpaired) electrons. The van der Waals surface area contributed by atoms with Gasteiger partial charge in [-0.15, -0.1) is 0 Å². The molecule has 1 aliphatic rings. The lowest BCUT2D eigenvalue weighted by molar-refractivity contribution is -0.130. The van der Waals surface area contributed by atoms with Crippen LogP contribution in [-0.4, -0.2) is 29.1 Å². The van der Waals surface area contributed by atoms with Crippen molar-refractivity contribution >= 4 is 11.9 Å². The topological polar surface area (TPSA) is 75.6 Å². The molecule has 1 aromatic carbocycles. The number of rotatable bonds is 4. The molecule has 0 unspecified atom stereocenters. The Kier molecular flexibility index (Phi) is 5.64. The van der Waals surface area contributed by atoms with E-state index >= 15 is 0 Å². The van der Waals surface area contributed by atoms with Crippen LogP contribution in [0.15, 0.2) is 24.3 Å². The van der Waals surface area contributed by atoms with Crippen LogP contribution in [-0.2, 0) is 9.53 Å². The Balaban J connectivity index is 1.91. The molecule has 23 heavy (non-hydrogen) atoms. The van der Waals surface area contributed by atoms with Gasteiger partial charge in [-0.1, -0.05) is 32.8 Å². The fraction of sp³-hybridized carbons (Fsp3) is 0.556. The zero-order chi connectivity index (χ0) is 17.0. The van der Waals surface area contributed by atoms with Gasteiger partial charge in [0.15, 0.2) is 6.10 Å². The largest absolute Gasteiger partial charge is 0.508 e. The predicted molar refractivity (Wildman–Crippen MR) is 87.1 cm³/mol. The van der Waals surface area contributed by atoms with Gasteiger partial charge in [0.1, 0.15) is 5.75 Å². The van der Waals surface area contributed by atoms with Gasteiger partial charge in [-0.25, -0.2) is 4.79 Å². The van der Waals surface area contributed by atoms with E-state index in [1.165, 1.54) is 24.6 Å². The number of hydrogen-bond donors (Lipinski definition) is 2. The molecule has 126 valence electrons. The van der Waals surface area contributed by atoms with Crippen molar-refractivity contribution in [1.82, 2.24) is 5.32 Å². The van der Waals surface area contributed by atoms with Gasteiger partial charge in [0, 0.05) is 6.04 Å². The molecule has 4 atom stereocenters. The molecule has 0 heterocycles. The van der Waals surface area contributed by atoms with Crippen molar-refractivity contribution in [3.05, 3.63) is 29.8 Å². The summed E-state index contributed by atoms with van der Waals surface area (Å²) >= 11 is 0. The van der Waals surface area contributed by atoms with Crippen molar-refractivity contribution in [3.8, 4) is 5.75 Å². The van der Waals surface area contributed by atoms with Crippen LogP contribution < -0.4 is 5.32 Å². The van der Waals surface area contributed by atoms with Gasteiger partial charge in [-0.05, 0) is 43.4 Å². The van der Waals surface area contributed by atoms with Crippen LogP contribution in [0.3, 0.4) is 0 Å². The summed E-state index contributed by atoms with van der Waals surface area (Å²) in [6.07, 6.45) is 2.39. The van der Waals surface area contributed by atoms with Crippen molar-refractivity contribution in [2.24, 2.45) is 11.8 Å². The minimum absolute atomic E-state index is 0.0124. The number of aromatic hydroxyl groups is 1. The second-order valence-electron chi connectivity index (χ2n) is 6.48. The maximum atomic E-state index is 12.3. The number of phenolic OH excluding ortho intramolecular Hbond substituents is 1. The number of phenols is 1. The lowest BCUT2D eigenvalue weighted by atomic mass is 9.78. The van der Waals surface area contributed by atoms with E-state index in [0.29, 0.717) is 11.8 Å². The average molecular weight is 319 g/mol. The number of esters is 1. The van der Waals surface area contributed by atoms with Crippen molar-refractivity contribution in [1.29, 1.82) is 0 Å². The van der Waals surface area contributed by atoms with Crippen molar-refractivity contribution in [3.63, 3.8) is 0 Å². The molecule has 1 aromatic rings. The summed E-state index contributed by atoms with van der Waals surface area (Å²) in [6, 6.07) is 6.02. The second-order valence-corrected chi connectivity index (χ2v) is 6.48. The second kappa shape index (κ2) is 7.49. The number of ether oxygens (including phenoxy) is 1. The molecule has 1 amide bonds. The first-order chi connectivity index (χ1) is 10.9.